The van der Waals surface area contributed by atoms with Gasteiger partial charge in [0, 0.05) is 12.6 Å². The van der Waals surface area contributed by atoms with Gasteiger partial charge in [0.25, 0.3) is 5.91 Å². The Morgan fingerprint density at radius 2 is 2.40 bits per heavy atom. The summed E-state index contributed by atoms with van der Waals surface area (Å²) in [6.07, 6.45) is 1.68. The Morgan fingerprint density at radius 3 is 2.93 bits per heavy atom. The molecule has 2 atom stereocenters. The van der Waals surface area contributed by atoms with Crippen molar-refractivity contribution in [3.63, 3.8) is 0 Å². The van der Waals surface area contributed by atoms with Crippen molar-refractivity contribution >= 4 is 5.91 Å². The van der Waals surface area contributed by atoms with E-state index in [2.05, 4.69) is 15.0 Å². The normalized spacial score (nSPS) is 14.6. The zero-order chi connectivity index (χ0) is 11.3. The van der Waals surface area contributed by atoms with E-state index in [-0.39, 0.29) is 23.6 Å². The first-order valence-electron chi connectivity index (χ1n) is 4.96. The highest BCUT2D eigenvalue weighted by atomic mass is 16.5. The molecule has 5 nitrogen and oxygen atoms in total. The highest BCUT2D eigenvalue weighted by Crippen LogP contribution is 2.04. The average molecular weight is 212 g/mol. The summed E-state index contributed by atoms with van der Waals surface area (Å²) < 4.78 is 4.56. The van der Waals surface area contributed by atoms with Crippen LogP contribution in [0.5, 0.6) is 0 Å². The van der Waals surface area contributed by atoms with E-state index in [4.69, 9.17) is 5.11 Å². The number of carbonyl (C=O) groups excluding carboxylic acids is 1. The van der Waals surface area contributed by atoms with Gasteiger partial charge < -0.3 is 14.9 Å². The first-order valence-corrected chi connectivity index (χ1v) is 4.96. The quantitative estimate of drug-likeness (QED) is 0.757. The molecular weight excluding hydrogens is 196 g/mol. The molecule has 0 aliphatic rings. The second-order valence-electron chi connectivity index (χ2n) is 3.78. The summed E-state index contributed by atoms with van der Waals surface area (Å²) in [5.74, 6) is -0.0120. The molecule has 1 aromatic heterocycles. The van der Waals surface area contributed by atoms with Gasteiger partial charge in [-0.2, -0.15) is 0 Å². The number of aliphatic hydroxyl groups is 1. The monoisotopic (exact) mass is 212 g/mol. The number of nitrogens with one attached hydrogen (secondary N) is 1. The molecule has 5 heteroatoms. The highest BCUT2D eigenvalue weighted by molar-refractivity contribution is 5.91. The third-order valence-electron chi connectivity index (χ3n) is 2.03. The van der Waals surface area contributed by atoms with Crippen LogP contribution >= 0.6 is 0 Å². The van der Waals surface area contributed by atoms with Crippen molar-refractivity contribution in [1.82, 2.24) is 10.5 Å². The molecule has 0 radical (unpaired) electrons. The van der Waals surface area contributed by atoms with Gasteiger partial charge in [0.2, 0.25) is 0 Å². The summed E-state index contributed by atoms with van der Waals surface area (Å²) >= 11 is 0. The molecule has 0 fully saturated rings. The maximum atomic E-state index is 11.4. The van der Waals surface area contributed by atoms with Crippen LogP contribution in [-0.2, 0) is 0 Å². The number of aromatic nitrogens is 1. The Morgan fingerprint density at radius 1 is 1.67 bits per heavy atom. The molecule has 1 rings (SSSR count). The van der Waals surface area contributed by atoms with E-state index < -0.39 is 0 Å². The summed E-state index contributed by atoms with van der Waals surface area (Å²) in [6.45, 7) is 4.22. The summed E-state index contributed by atoms with van der Waals surface area (Å²) in [5.41, 5.74) is 0.277. The van der Waals surface area contributed by atoms with E-state index in [9.17, 15) is 4.79 Å². The van der Waals surface area contributed by atoms with Gasteiger partial charge in [-0.25, -0.2) is 0 Å². The molecule has 1 heterocycles. The molecule has 0 aliphatic carbocycles. The summed E-state index contributed by atoms with van der Waals surface area (Å²) in [5, 5.41) is 15.4. The van der Waals surface area contributed by atoms with Crippen molar-refractivity contribution in [3.8, 4) is 0 Å². The molecule has 2 N–H and O–H groups in total. The lowest BCUT2D eigenvalue weighted by atomic mass is 10.0. The Kier molecular flexibility index (Phi) is 4.30. The number of hydrogen-bond donors (Lipinski definition) is 2. The molecule has 1 aromatic rings. The van der Waals surface area contributed by atoms with Crippen LogP contribution in [0.25, 0.3) is 0 Å². The first-order chi connectivity index (χ1) is 7.09. The van der Waals surface area contributed by atoms with Crippen LogP contribution < -0.4 is 5.32 Å². The molecule has 15 heavy (non-hydrogen) atoms. The zero-order valence-corrected chi connectivity index (χ0v) is 8.93. The van der Waals surface area contributed by atoms with Crippen LogP contribution in [0.15, 0.2) is 16.9 Å². The summed E-state index contributed by atoms with van der Waals surface area (Å²) in [6, 6.07) is 1.51. The maximum Gasteiger partial charge on any atom is 0.273 e. The fraction of sp³-hybridized carbons (Fsp3) is 0.600. The minimum Gasteiger partial charge on any atom is -0.393 e. The number of aliphatic hydroxyl groups excluding tert-OH is 1. The fourth-order valence-electron chi connectivity index (χ4n) is 1.35. The van der Waals surface area contributed by atoms with Crippen LogP contribution in [-0.4, -0.2) is 28.8 Å². The lowest BCUT2D eigenvalue weighted by Crippen LogP contribution is -2.29. The topological polar surface area (TPSA) is 75.4 Å². The van der Waals surface area contributed by atoms with E-state index in [1.54, 1.807) is 6.92 Å². The lowest BCUT2D eigenvalue weighted by Gasteiger charge is -2.13. The predicted octanol–water partition coefficient (Wildman–Crippen LogP) is 0.811. The van der Waals surface area contributed by atoms with Crippen LogP contribution in [0.3, 0.4) is 0 Å². The SMILES string of the molecule is CC(O)CC(C)CNC(=O)c1ccon1. The molecule has 2 unspecified atom stereocenters. The second-order valence-corrected chi connectivity index (χ2v) is 3.78. The van der Waals surface area contributed by atoms with Crippen molar-refractivity contribution in [3.05, 3.63) is 18.0 Å². The van der Waals surface area contributed by atoms with Crippen molar-refractivity contribution in [2.75, 3.05) is 6.54 Å². The summed E-state index contributed by atoms with van der Waals surface area (Å²) in [7, 11) is 0. The fourth-order valence-corrected chi connectivity index (χ4v) is 1.35. The molecule has 0 spiro atoms. The molecule has 0 aliphatic heterocycles. The summed E-state index contributed by atoms with van der Waals surface area (Å²) in [4.78, 5) is 11.4. The van der Waals surface area contributed by atoms with E-state index in [0.29, 0.717) is 13.0 Å². The van der Waals surface area contributed by atoms with Crippen LogP contribution in [0.2, 0.25) is 0 Å². The smallest absolute Gasteiger partial charge is 0.273 e. The van der Waals surface area contributed by atoms with E-state index >= 15 is 0 Å². The third-order valence-corrected chi connectivity index (χ3v) is 2.03. The second kappa shape index (κ2) is 5.50. The van der Waals surface area contributed by atoms with E-state index in [0.717, 1.165) is 0 Å². The van der Waals surface area contributed by atoms with Crippen molar-refractivity contribution < 1.29 is 14.4 Å². The number of amides is 1. The lowest BCUT2D eigenvalue weighted by molar-refractivity contribution is 0.0930. The molecule has 0 saturated heterocycles. The Labute approximate surface area is 88.5 Å². The average Bonchev–Trinajstić information content (AvgIpc) is 2.65. The molecule has 0 saturated carbocycles. The molecule has 1 amide bonds. The Balaban J connectivity index is 2.28. The van der Waals surface area contributed by atoms with Gasteiger partial charge in [-0.05, 0) is 19.3 Å². The van der Waals surface area contributed by atoms with Crippen molar-refractivity contribution in [2.24, 2.45) is 5.92 Å². The van der Waals surface area contributed by atoms with Gasteiger partial charge in [-0.15, -0.1) is 0 Å². The van der Waals surface area contributed by atoms with Crippen LogP contribution in [0, 0.1) is 5.92 Å². The van der Waals surface area contributed by atoms with Crippen molar-refractivity contribution in [2.45, 2.75) is 26.4 Å². The maximum absolute atomic E-state index is 11.4. The number of rotatable bonds is 5. The highest BCUT2D eigenvalue weighted by Gasteiger charge is 2.11. The van der Waals surface area contributed by atoms with Crippen molar-refractivity contribution in [1.29, 1.82) is 0 Å². The third kappa shape index (κ3) is 4.12. The molecule has 84 valence electrons. The number of nitrogens with zero attached hydrogens (tertiary/aromatic N) is 1. The number of carbonyl (C=O) groups is 1. The van der Waals surface area contributed by atoms with Gasteiger partial charge in [0.05, 0.1) is 6.10 Å². The standard InChI is InChI=1S/C10H16N2O3/c1-7(5-8(2)13)6-11-10(14)9-3-4-15-12-9/h3-4,7-8,13H,5-6H2,1-2H3,(H,11,14). The van der Waals surface area contributed by atoms with Gasteiger partial charge in [0.1, 0.15) is 6.26 Å². The van der Waals surface area contributed by atoms with Gasteiger partial charge in [0.15, 0.2) is 5.69 Å². The Bertz CT molecular complexity index is 296. The van der Waals surface area contributed by atoms with Gasteiger partial charge in [-0.1, -0.05) is 12.1 Å². The zero-order valence-electron chi connectivity index (χ0n) is 8.93. The largest absolute Gasteiger partial charge is 0.393 e. The minimum atomic E-state index is -0.344. The van der Waals surface area contributed by atoms with Crippen LogP contribution in [0.1, 0.15) is 30.8 Å². The molecular formula is C10H16N2O3. The van der Waals surface area contributed by atoms with E-state index in [1.807, 2.05) is 6.92 Å². The predicted molar refractivity (Wildman–Crippen MR) is 54.3 cm³/mol. The van der Waals surface area contributed by atoms with Gasteiger partial charge in [-0.3, -0.25) is 4.79 Å². The van der Waals surface area contributed by atoms with Gasteiger partial charge >= 0.3 is 0 Å². The first kappa shape index (κ1) is 11.7. The van der Waals surface area contributed by atoms with E-state index in [1.165, 1.54) is 12.3 Å². The minimum absolute atomic E-state index is 0.237. The van der Waals surface area contributed by atoms with Crippen LogP contribution in [0.4, 0.5) is 0 Å². The molecule has 0 aromatic carbocycles. The Hall–Kier alpha value is -1.36. The number of hydrogen-bond acceptors (Lipinski definition) is 4. The molecule has 0 bridgehead atoms.